The van der Waals surface area contributed by atoms with Gasteiger partial charge in [-0.2, -0.15) is 0 Å². The van der Waals surface area contributed by atoms with E-state index in [0.717, 1.165) is 24.9 Å². The van der Waals surface area contributed by atoms with Gasteiger partial charge in [0.1, 0.15) is 0 Å². The average molecular weight is 320 g/mol. The number of likely N-dealkylation sites (tertiary alicyclic amines) is 1. The Bertz CT molecular complexity index is 572. The summed E-state index contributed by atoms with van der Waals surface area (Å²) in [5.41, 5.74) is 1.98. The maximum atomic E-state index is 12.4. The lowest BCUT2D eigenvalue weighted by atomic mass is 10.1. The average Bonchev–Trinajstić information content (AvgIpc) is 2.56. The Hall–Kier alpha value is -2.08. The van der Waals surface area contributed by atoms with Gasteiger partial charge in [0, 0.05) is 25.4 Å². The van der Waals surface area contributed by atoms with Gasteiger partial charge in [0.25, 0.3) is 0 Å². The van der Waals surface area contributed by atoms with Gasteiger partial charge in [-0.25, -0.2) is 9.59 Å². The van der Waals surface area contributed by atoms with Crippen LogP contribution >= 0.6 is 0 Å². The van der Waals surface area contributed by atoms with Crippen molar-refractivity contribution >= 4 is 17.7 Å². The van der Waals surface area contributed by atoms with Crippen molar-refractivity contribution in [1.29, 1.82) is 0 Å². The molecule has 0 spiro atoms. The molecule has 1 aromatic carbocycles. The molecule has 6 heteroatoms. The molecule has 1 fully saturated rings. The minimum Gasteiger partial charge on any atom is -0.465 e. The smallest absolute Gasteiger partial charge is 0.337 e. The van der Waals surface area contributed by atoms with E-state index in [1.165, 1.54) is 7.11 Å². The number of hydrogen-bond acceptors (Lipinski definition) is 4. The number of carbonyl (C=O) groups is 2. The molecule has 0 aromatic heterocycles. The van der Waals surface area contributed by atoms with Crippen LogP contribution in [0.15, 0.2) is 18.2 Å². The molecule has 1 aromatic rings. The Morgan fingerprint density at radius 2 is 2.17 bits per heavy atom. The minimum absolute atomic E-state index is 0.113. The maximum Gasteiger partial charge on any atom is 0.337 e. The van der Waals surface area contributed by atoms with E-state index in [1.807, 2.05) is 13.8 Å². The van der Waals surface area contributed by atoms with Gasteiger partial charge >= 0.3 is 12.0 Å². The van der Waals surface area contributed by atoms with Crippen LogP contribution in [0.1, 0.15) is 35.7 Å². The van der Waals surface area contributed by atoms with Crippen molar-refractivity contribution in [2.24, 2.45) is 0 Å². The second kappa shape index (κ2) is 7.97. The number of amides is 2. The Morgan fingerprint density at radius 3 is 2.83 bits per heavy atom. The molecule has 2 amide bonds. The maximum absolute atomic E-state index is 12.4. The number of anilines is 1. The van der Waals surface area contributed by atoms with Crippen molar-refractivity contribution in [2.75, 3.05) is 32.1 Å². The Morgan fingerprint density at radius 1 is 1.39 bits per heavy atom. The number of carbonyl (C=O) groups excluding carboxylic acids is 2. The van der Waals surface area contributed by atoms with Gasteiger partial charge in [0.15, 0.2) is 0 Å². The van der Waals surface area contributed by atoms with Gasteiger partial charge in [0.05, 0.1) is 18.8 Å². The lowest BCUT2D eigenvalue weighted by Crippen LogP contribution is -2.45. The summed E-state index contributed by atoms with van der Waals surface area (Å²) in [6, 6.07) is 4.95. The predicted molar refractivity (Wildman–Crippen MR) is 87.8 cm³/mol. The highest BCUT2D eigenvalue weighted by Crippen LogP contribution is 2.19. The van der Waals surface area contributed by atoms with Crippen LogP contribution in [-0.4, -0.2) is 49.8 Å². The van der Waals surface area contributed by atoms with Crippen LogP contribution in [0, 0.1) is 6.92 Å². The van der Waals surface area contributed by atoms with Gasteiger partial charge in [0.2, 0.25) is 0 Å². The zero-order chi connectivity index (χ0) is 16.8. The van der Waals surface area contributed by atoms with Crippen LogP contribution < -0.4 is 5.32 Å². The van der Waals surface area contributed by atoms with Crippen LogP contribution in [0.25, 0.3) is 0 Å². The molecule has 1 atom stereocenters. The first-order chi connectivity index (χ1) is 11.0. The van der Waals surface area contributed by atoms with E-state index in [-0.39, 0.29) is 18.1 Å². The monoisotopic (exact) mass is 320 g/mol. The van der Waals surface area contributed by atoms with Gasteiger partial charge in [-0.1, -0.05) is 0 Å². The molecule has 6 nitrogen and oxygen atoms in total. The number of aryl methyl sites for hydroxylation is 1. The Kier molecular flexibility index (Phi) is 5.98. The summed E-state index contributed by atoms with van der Waals surface area (Å²) >= 11 is 0. The van der Waals surface area contributed by atoms with Crippen molar-refractivity contribution < 1.29 is 19.1 Å². The lowest BCUT2D eigenvalue weighted by Gasteiger charge is -2.32. The Balaban J connectivity index is 2.01. The number of benzene rings is 1. The molecule has 1 saturated heterocycles. The summed E-state index contributed by atoms with van der Waals surface area (Å²) in [5, 5.41) is 2.91. The standard InChI is InChI=1S/C17H24N2O4/c1-4-23-14-6-5-9-19(11-14)17(21)18-15-8-7-13(10-12(15)2)16(20)22-3/h7-8,10,14H,4-6,9,11H2,1-3H3,(H,18,21). The quantitative estimate of drug-likeness (QED) is 0.866. The summed E-state index contributed by atoms with van der Waals surface area (Å²) in [6.45, 7) is 5.81. The van der Waals surface area contributed by atoms with Crippen molar-refractivity contribution in [1.82, 2.24) is 4.90 Å². The highest BCUT2D eigenvalue weighted by molar-refractivity contribution is 5.93. The fourth-order valence-corrected chi connectivity index (χ4v) is 2.74. The second-order valence-corrected chi connectivity index (χ2v) is 5.62. The second-order valence-electron chi connectivity index (χ2n) is 5.62. The van der Waals surface area contributed by atoms with E-state index in [9.17, 15) is 9.59 Å². The Labute approximate surface area is 136 Å². The van der Waals surface area contributed by atoms with Crippen molar-refractivity contribution in [2.45, 2.75) is 32.8 Å². The molecule has 0 aliphatic carbocycles. The van der Waals surface area contributed by atoms with Crippen molar-refractivity contribution in [3.8, 4) is 0 Å². The zero-order valence-corrected chi connectivity index (χ0v) is 13.9. The van der Waals surface area contributed by atoms with Crippen LogP contribution in [0.4, 0.5) is 10.5 Å². The number of ether oxygens (including phenoxy) is 2. The third-order valence-electron chi connectivity index (χ3n) is 3.96. The van der Waals surface area contributed by atoms with Crippen LogP contribution in [0.2, 0.25) is 0 Å². The summed E-state index contributed by atoms with van der Waals surface area (Å²) in [6.07, 6.45) is 2.05. The fraction of sp³-hybridized carbons (Fsp3) is 0.529. The SMILES string of the molecule is CCOC1CCCN(C(=O)Nc2ccc(C(=O)OC)cc2C)C1. The van der Waals surface area contributed by atoms with Crippen molar-refractivity contribution in [3.05, 3.63) is 29.3 Å². The number of piperidine rings is 1. The molecular formula is C17H24N2O4. The molecule has 2 rings (SSSR count). The van der Waals surface area contributed by atoms with Gasteiger partial charge in [-0.3, -0.25) is 0 Å². The molecule has 0 bridgehead atoms. The number of methoxy groups -OCH3 is 1. The van der Waals surface area contributed by atoms with Crippen LogP contribution in [0.3, 0.4) is 0 Å². The van der Waals surface area contributed by atoms with E-state index < -0.39 is 0 Å². The first-order valence-corrected chi connectivity index (χ1v) is 7.91. The molecule has 126 valence electrons. The van der Waals surface area contributed by atoms with Gasteiger partial charge in [-0.15, -0.1) is 0 Å². The predicted octanol–water partition coefficient (Wildman–Crippen LogP) is 2.81. The molecule has 1 aliphatic heterocycles. The summed E-state index contributed by atoms with van der Waals surface area (Å²) in [7, 11) is 1.35. The van der Waals surface area contributed by atoms with E-state index in [0.29, 0.717) is 24.4 Å². The fourth-order valence-electron chi connectivity index (χ4n) is 2.74. The van der Waals surface area contributed by atoms with Crippen LogP contribution in [-0.2, 0) is 9.47 Å². The number of nitrogens with zero attached hydrogens (tertiary/aromatic N) is 1. The van der Waals surface area contributed by atoms with Crippen molar-refractivity contribution in [3.63, 3.8) is 0 Å². The topological polar surface area (TPSA) is 67.9 Å². The first-order valence-electron chi connectivity index (χ1n) is 7.91. The van der Waals surface area contributed by atoms with E-state index in [1.54, 1.807) is 23.1 Å². The largest absolute Gasteiger partial charge is 0.465 e. The highest BCUT2D eigenvalue weighted by atomic mass is 16.5. The summed E-state index contributed by atoms with van der Waals surface area (Å²) in [4.78, 5) is 25.7. The third-order valence-corrected chi connectivity index (χ3v) is 3.96. The van der Waals surface area contributed by atoms with E-state index in [2.05, 4.69) is 5.32 Å². The van der Waals surface area contributed by atoms with E-state index >= 15 is 0 Å². The normalized spacial score (nSPS) is 17.7. The highest BCUT2D eigenvalue weighted by Gasteiger charge is 2.24. The van der Waals surface area contributed by atoms with Gasteiger partial charge in [-0.05, 0) is 50.5 Å². The molecule has 0 saturated carbocycles. The molecule has 1 unspecified atom stereocenters. The summed E-state index contributed by atoms with van der Waals surface area (Å²) in [5.74, 6) is -0.387. The van der Waals surface area contributed by atoms with Gasteiger partial charge < -0.3 is 19.7 Å². The number of esters is 1. The molecule has 1 aliphatic rings. The zero-order valence-electron chi connectivity index (χ0n) is 13.9. The lowest BCUT2D eigenvalue weighted by molar-refractivity contribution is 0.0181. The van der Waals surface area contributed by atoms with Crippen LogP contribution in [0.5, 0.6) is 0 Å². The molecule has 1 heterocycles. The minimum atomic E-state index is -0.387. The molecular weight excluding hydrogens is 296 g/mol. The van der Waals surface area contributed by atoms with E-state index in [4.69, 9.17) is 9.47 Å². The molecule has 0 radical (unpaired) electrons. The first kappa shape index (κ1) is 17.3. The third kappa shape index (κ3) is 4.45. The number of hydrogen-bond donors (Lipinski definition) is 1. The number of nitrogens with one attached hydrogen (secondary N) is 1. The molecule has 1 N–H and O–H groups in total. The number of urea groups is 1. The number of rotatable bonds is 4. The molecule has 23 heavy (non-hydrogen) atoms. The summed E-state index contributed by atoms with van der Waals surface area (Å²) < 4.78 is 10.3.